The van der Waals surface area contributed by atoms with E-state index in [1.54, 1.807) is 0 Å². The van der Waals surface area contributed by atoms with Crippen molar-refractivity contribution in [3.63, 3.8) is 0 Å². The molecule has 0 spiro atoms. The average molecular weight is 638 g/mol. The van der Waals surface area contributed by atoms with E-state index in [0.29, 0.717) is 38.9 Å². The van der Waals surface area contributed by atoms with E-state index < -0.39 is 104 Å². The van der Waals surface area contributed by atoms with Crippen molar-refractivity contribution >= 4 is 5.91 Å². The van der Waals surface area contributed by atoms with Crippen LogP contribution in [0.3, 0.4) is 0 Å². The number of aliphatic hydroxyl groups excluding tert-OH is 5. The van der Waals surface area contributed by atoms with Crippen LogP contribution < -0.4 is 39.3 Å². The quantitative estimate of drug-likeness (QED) is 0.0891. The van der Waals surface area contributed by atoms with Crippen LogP contribution in [0, 0.1) is 0 Å². The van der Waals surface area contributed by atoms with Crippen molar-refractivity contribution in [2.45, 2.75) is 129 Å². The van der Waals surface area contributed by atoms with Crippen LogP contribution in [0.1, 0.15) is 32.1 Å². The van der Waals surface area contributed by atoms with E-state index in [1.165, 1.54) is 0 Å². The fraction of sp³-hybridized carbons (Fsp3) is 0.962. The summed E-state index contributed by atoms with van der Waals surface area (Å²) in [5.74, 6) is -0.780. The first-order valence-corrected chi connectivity index (χ1v) is 15.2. The molecule has 18 nitrogen and oxygen atoms in total. The molecule has 18 heteroatoms. The Morgan fingerprint density at radius 1 is 0.977 bits per heavy atom. The highest BCUT2D eigenvalue weighted by atomic mass is 16.7. The first kappa shape index (κ1) is 35.7. The summed E-state index contributed by atoms with van der Waals surface area (Å²) in [4.78, 5) is 12.9. The van der Waals surface area contributed by atoms with Crippen LogP contribution in [0.25, 0.3) is 0 Å². The lowest BCUT2D eigenvalue weighted by molar-refractivity contribution is -0.314. The molecule has 2 saturated heterocycles. The highest BCUT2D eigenvalue weighted by Crippen LogP contribution is 2.36. The van der Waals surface area contributed by atoms with Crippen LogP contribution >= 0.6 is 0 Å². The van der Waals surface area contributed by atoms with Gasteiger partial charge in [-0.3, -0.25) is 4.79 Å². The van der Waals surface area contributed by atoms with E-state index in [4.69, 9.17) is 47.6 Å². The van der Waals surface area contributed by atoms with E-state index in [9.17, 15) is 35.4 Å². The minimum Gasteiger partial charge on any atom is -0.394 e. The standard InChI is InChI=1S/C26H51N7O11/c27-4-3-10(35)7-32-8-11-1-2-12(28)23(41-11)43-21-13(29)5-14(33-25(39)26(40)6-16(26)30)22(20(21)38)44-24-19(37)17(31)18(36)15(9-34)42-24/h10-24,32,34-38,40H,1-9,27-31H2,(H,33,39)/t10?,11-,12+,13-,14+,15+,16?,17-,18+,19+,20-,21?,22-,23+,24+,26?/m0/s1. The van der Waals surface area contributed by atoms with Gasteiger partial charge in [-0.25, -0.2) is 0 Å². The van der Waals surface area contributed by atoms with Crippen LogP contribution in [0.2, 0.25) is 0 Å². The van der Waals surface area contributed by atoms with Gasteiger partial charge >= 0.3 is 0 Å². The Morgan fingerprint density at radius 2 is 1.66 bits per heavy atom. The Labute approximate surface area is 255 Å². The van der Waals surface area contributed by atoms with Crippen LogP contribution in [-0.2, 0) is 23.7 Å². The Bertz CT molecular complexity index is 943. The average Bonchev–Trinajstić information content (AvgIpc) is 3.61. The van der Waals surface area contributed by atoms with Crippen molar-refractivity contribution in [2.75, 3.05) is 26.2 Å². The lowest BCUT2D eigenvalue weighted by Gasteiger charge is -2.48. The molecular formula is C26H51N7O11. The molecule has 2 saturated carbocycles. The number of carbonyl (C=O) groups is 1. The van der Waals surface area contributed by atoms with E-state index in [1.807, 2.05) is 0 Å². The van der Waals surface area contributed by atoms with Gasteiger partial charge in [0.25, 0.3) is 5.91 Å². The van der Waals surface area contributed by atoms with Crippen molar-refractivity contribution in [3.05, 3.63) is 0 Å². The number of nitrogens with two attached hydrogens (primary N) is 5. The second-order valence-corrected chi connectivity index (χ2v) is 12.4. The van der Waals surface area contributed by atoms with Gasteiger partial charge in [0.05, 0.1) is 36.9 Å². The van der Waals surface area contributed by atoms with E-state index >= 15 is 0 Å². The summed E-state index contributed by atoms with van der Waals surface area (Å²) in [6, 6.07) is -4.44. The fourth-order valence-corrected chi connectivity index (χ4v) is 5.97. The van der Waals surface area contributed by atoms with Gasteiger partial charge in [0, 0.05) is 31.6 Å². The summed E-state index contributed by atoms with van der Waals surface area (Å²) in [5, 5.41) is 68.3. The zero-order valence-electron chi connectivity index (χ0n) is 24.6. The summed E-state index contributed by atoms with van der Waals surface area (Å²) < 4.78 is 23.8. The maximum Gasteiger partial charge on any atom is 0.253 e. The Kier molecular flexibility index (Phi) is 12.3. The molecule has 4 rings (SSSR count). The third kappa shape index (κ3) is 8.03. The Morgan fingerprint density at radius 3 is 2.30 bits per heavy atom. The first-order valence-electron chi connectivity index (χ1n) is 15.2. The highest BCUT2D eigenvalue weighted by molar-refractivity contribution is 5.89. The van der Waals surface area contributed by atoms with Crippen molar-refractivity contribution in [3.8, 4) is 0 Å². The van der Waals surface area contributed by atoms with E-state index in [-0.39, 0.29) is 18.9 Å². The van der Waals surface area contributed by atoms with E-state index in [0.717, 1.165) is 0 Å². The largest absolute Gasteiger partial charge is 0.394 e. The molecule has 18 N–H and O–H groups in total. The number of carbonyl (C=O) groups excluding carboxylic acids is 1. The van der Waals surface area contributed by atoms with Crippen LogP contribution in [0.15, 0.2) is 0 Å². The molecule has 4 aliphatic rings. The second kappa shape index (κ2) is 15.2. The monoisotopic (exact) mass is 637 g/mol. The summed E-state index contributed by atoms with van der Waals surface area (Å²) >= 11 is 0. The van der Waals surface area contributed by atoms with Crippen LogP contribution in [0.4, 0.5) is 0 Å². The minimum absolute atomic E-state index is 0.00362. The summed E-state index contributed by atoms with van der Waals surface area (Å²) in [6.07, 6.45) is -9.87. The maximum absolute atomic E-state index is 12.9. The Hall–Kier alpha value is -1.17. The number of nitrogens with one attached hydrogen (secondary N) is 2. The normalized spacial score (nSPS) is 46.8. The molecule has 44 heavy (non-hydrogen) atoms. The maximum atomic E-state index is 12.9. The smallest absolute Gasteiger partial charge is 0.253 e. The number of aliphatic hydroxyl groups is 6. The van der Waals surface area contributed by atoms with Gasteiger partial charge in [-0.2, -0.15) is 0 Å². The fourth-order valence-electron chi connectivity index (χ4n) is 5.97. The lowest BCUT2D eigenvalue weighted by atomic mass is 9.83. The number of hydrogen-bond acceptors (Lipinski definition) is 17. The molecule has 2 heterocycles. The summed E-state index contributed by atoms with van der Waals surface area (Å²) in [7, 11) is 0. The number of amides is 1. The summed E-state index contributed by atoms with van der Waals surface area (Å²) in [6.45, 7) is 0.479. The number of ether oxygens (including phenoxy) is 4. The van der Waals surface area contributed by atoms with Gasteiger partial charge in [-0.1, -0.05) is 0 Å². The molecule has 4 fully saturated rings. The number of rotatable bonds is 13. The van der Waals surface area contributed by atoms with Crippen LogP contribution in [-0.4, -0.2) is 160 Å². The second-order valence-electron chi connectivity index (χ2n) is 12.4. The lowest BCUT2D eigenvalue weighted by Crippen LogP contribution is -2.69. The van der Waals surface area contributed by atoms with Crippen LogP contribution in [0.5, 0.6) is 0 Å². The summed E-state index contributed by atoms with van der Waals surface area (Å²) in [5.41, 5.74) is 28.1. The third-order valence-electron chi connectivity index (χ3n) is 8.98. The molecular weight excluding hydrogens is 586 g/mol. The molecule has 0 aromatic rings. The van der Waals surface area contributed by atoms with Gasteiger partial charge in [0.15, 0.2) is 18.2 Å². The van der Waals surface area contributed by atoms with Gasteiger partial charge in [0.1, 0.15) is 36.6 Å². The van der Waals surface area contributed by atoms with Crippen molar-refractivity contribution in [1.29, 1.82) is 0 Å². The van der Waals surface area contributed by atoms with Gasteiger partial charge in [-0.15, -0.1) is 0 Å². The highest BCUT2D eigenvalue weighted by Gasteiger charge is 2.59. The molecule has 4 unspecified atom stereocenters. The Balaban J connectivity index is 1.47. The van der Waals surface area contributed by atoms with Gasteiger partial charge < -0.3 is 88.9 Å². The molecule has 0 bridgehead atoms. The van der Waals surface area contributed by atoms with E-state index in [2.05, 4.69) is 10.6 Å². The van der Waals surface area contributed by atoms with Gasteiger partial charge in [0.2, 0.25) is 0 Å². The third-order valence-corrected chi connectivity index (χ3v) is 8.98. The molecule has 2 aliphatic carbocycles. The number of hydrogen-bond donors (Lipinski definition) is 13. The molecule has 2 aliphatic heterocycles. The predicted octanol–water partition coefficient (Wildman–Crippen LogP) is -7.31. The zero-order chi connectivity index (χ0) is 32.3. The first-order chi connectivity index (χ1) is 20.8. The SMILES string of the molecule is NCCC(O)CNC[C@@H]1CC[C@@H](N)[C@@H](OC2[C@@H](N)C[C@@H](NC(=O)C3(O)CC3N)[C@H](O[C@H]3O[C@H](CO)[C@@H](O)[C@H](N)[C@H]3O)[C@H]2O)O1. The molecule has 1 amide bonds. The molecule has 0 radical (unpaired) electrons. The van der Waals surface area contributed by atoms with Crippen molar-refractivity contribution in [1.82, 2.24) is 10.6 Å². The zero-order valence-corrected chi connectivity index (χ0v) is 24.6. The molecule has 16 atom stereocenters. The minimum atomic E-state index is -1.78. The molecule has 256 valence electrons. The molecule has 0 aromatic carbocycles. The molecule has 0 aromatic heterocycles. The van der Waals surface area contributed by atoms with Crippen molar-refractivity contribution < 1.29 is 54.4 Å². The van der Waals surface area contributed by atoms with Gasteiger partial charge in [-0.05, 0) is 32.2 Å². The topological polar surface area (TPSA) is 330 Å². The van der Waals surface area contributed by atoms with Crippen molar-refractivity contribution in [2.24, 2.45) is 28.7 Å². The predicted molar refractivity (Wildman–Crippen MR) is 152 cm³/mol.